The van der Waals surface area contributed by atoms with Crippen molar-refractivity contribution in [2.24, 2.45) is 0 Å². The van der Waals surface area contributed by atoms with Gasteiger partial charge < -0.3 is 20.0 Å². The molecular formula is C13H13N2O3S-. The number of aliphatic carboxylic acids is 1. The number of hydrogen-bond donors (Lipinski definition) is 1. The molecule has 0 spiro atoms. The van der Waals surface area contributed by atoms with Crippen LogP contribution in [0, 0.1) is 0 Å². The summed E-state index contributed by atoms with van der Waals surface area (Å²) in [6, 6.07) is 9.54. The number of carbonyl (C=O) groups is 1. The number of ether oxygens (including phenoxy) is 1. The molecule has 1 N–H and O–H groups in total. The Labute approximate surface area is 114 Å². The summed E-state index contributed by atoms with van der Waals surface area (Å²) in [6.07, 6.45) is -0.154. The highest BCUT2D eigenvalue weighted by Crippen LogP contribution is 2.15. The number of para-hydroxylation sites is 1. The van der Waals surface area contributed by atoms with E-state index in [9.17, 15) is 9.90 Å². The van der Waals surface area contributed by atoms with Gasteiger partial charge in [0.25, 0.3) is 0 Å². The lowest BCUT2D eigenvalue weighted by Gasteiger charge is -2.06. The molecule has 0 atom stereocenters. The van der Waals surface area contributed by atoms with Crippen molar-refractivity contribution in [2.75, 3.05) is 18.5 Å². The van der Waals surface area contributed by atoms with Gasteiger partial charge in [-0.15, -0.1) is 11.3 Å². The molecule has 0 unspecified atom stereocenters. The number of benzene rings is 1. The number of hydrogen-bond acceptors (Lipinski definition) is 6. The summed E-state index contributed by atoms with van der Waals surface area (Å²) < 4.78 is 5.51. The smallest absolute Gasteiger partial charge is 0.182 e. The van der Waals surface area contributed by atoms with E-state index in [-0.39, 0.29) is 6.42 Å². The monoisotopic (exact) mass is 277 g/mol. The normalized spacial score (nSPS) is 10.1. The maximum Gasteiger partial charge on any atom is 0.182 e. The summed E-state index contributed by atoms with van der Waals surface area (Å²) in [5, 5.41) is 15.9. The van der Waals surface area contributed by atoms with Crippen molar-refractivity contribution in [3.63, 3.8) is 0 Å². The first-order valence-electron chi connectivity index (χ1n) is 5.80. The second-order valence-electron chi connectivity index (χ2n) is 3.78. The van der Waals surface area contributed by atoms with Gasteiger partial charge in [-0.05, 0) is 12.1 Å². The SMILES string of the molecule is O=C([O-])Cc1csc(NCCOc2ccccc2)n1. The van der Waals surface area contributed by atoms with E-state index in [2.05, 4.69) is 10.3 Å². The predicted molar refractivity (Wildman–Crippen MR) is 71.3 cm³/mol. The first-order valence-corrected chi connectivity index (χ1v) is 6.68. The number of anilines is 1. The summed E-state index contributed by atoms with van der Waals surface area (Å²) in [4.78, 5) is 14.5. The summed E-state index contributed by atoms with van der Waals surface area (Å²) >= 11 is 1.37. The van der Waals surface area contributed by atoms with Crippen LogP contribution in [0.25, 0.3) is 0 Å². The van der Waals surface area contributed by atoms with Gasteiger partial charge in [-0.2, -0.15) is 0 Å². The van der Waals surface area contributed by atoms with Crippen molar-refractivity contribution in [3.8, 4) is 5.75 Å². The Bertz CT molecular complexity index is 528. The van der Waals surface area contributed by atoms with Gasteiger partial charge in [-0.3, -0.25) is 0 Å². The molecule has 19 heavy (non-hydrogen) atoms. The van der Waals surface area contributed by atoms with Crippen LogP contribution in [-0.2, 0) is 11.2 Å². The summed E-state index contributed by atoms with van der Waals surface area (Å²) in [7, 11) is 0. The fourth-order valence-electron chi connectivity index (χ4n) is 1.46. The highest BCUT2D eigenvalue weighted by atomic mass is 32.1. The number of carboxylic acids is 1. The van der Waals surface area contributed by atoms with Crippen LogP contribution in [0.4, 0.5) is 5.13 Å². The molecule has 0 saturated carbocycles. The van der Waals surface area contributed by atoms with E-state index >= 15 is 0 Å². The lowest BCUT2D eigenvalue weighted by molar-refractivity contribution is -0.304. The molecule has 2 aromatic rings. The third-order valence-corrected chi connectivity index (χ3v) is 3.12. The highest BCUT2D eigenvalue weighted by Gasteiger charge is 2.01. The van der Waals surface area contributed by atoms with Crippen molar-refractivity contribution in [1.82, 2.24) is 4.98 Å². The number of aromatic nitrogens is 1. The summed E-state index contributed by atoms with van der Waals surface area (Å²) in [5.41, 5.74) is 0.511. The minimum atomic E-state index is -1.12. The fourth-order valence-corrected chi connectivity index (χ4v) is 2.20. The van der Waals surface area contributed by atoms with E-state index in [1.54, 1.807) is 5.38 Å². The number of carboxylic acid groups (broad SMARTS) is 1. The van der Waals surface area contributed by atoms with Gasteiger partial charge in [0.2, 0.25) is 0 Å². The average Bonchev–Trinajstić information content (AvgIpc) is 2.83. The van der Waals surface area contributed by atoms with Gasteiger partial charge >= 0.3 is 0 Å². The Morgan fingerprint density at radius 3 is 2.89 bits per heavy atom. The maximum atomic E-state index is 10.4. The van der Waals surface area contributed by atoms with Gasteiger partial charge in [0.15, 0.2) is 5.13 Å². The molecule has 5 nitrogen and oxygen atoms in total. The van der Waals surface area contributed by atoms with E-state index in [0.717, 1.165) is 5.75 Å². The highest BCUT2D eigenvalue weighted by molar-refractivity contribution is 7.13. The van der Waals surface area contributed by atoms with E-state index in [0.29, 0.717) is 24.0 Å². The van der Waals surface area contributed by atoms with Crippen LogP contribution in [0.3, 0.4) is 0 Å². The molecule has 0 bridgehead atoms. The standard InChI is InChI=1S/C13H14N2O3S/c16-12(17)8-10-9-19-13(15-10)14-6-7-18-11-4-2-1-3-5-11/h1-5,9H,6-8H2,(H,14,15)(H,16,17)/p-1. The summed E-state index contributed by atoms with van der Waals surface area (Å²) in [5.74, 6) is -0.301. The van der Waals surface area contributed by atoms with Crippen molar-refractivity contribution in [1.29, 1.82) is 0 Å². The third-order valence-electron chi connectivity index (χ3n) is 2.27. The van der Waals surface area contributed by atoms with Crippen LogP contribution >= 0.6 is 11.3 Å². The first kappa shape index (κ1) is 13.4. The van der Waals surface area contributed by atoms with Crippen LogP contribution in [0.15, 0.2) is 35.7 Å². The number of carbonyl (C=O) groups excluding carboxylic acids is 1. The molecule has 6 heteroatoms. The van der Waals surface area contributed by atoms with Gasteiger partial charge in [-0.25, -0.2) is 4.98 Å². The minimum absolute atomic E-state index is 0.154. The van der Waals surface area contributed by atoms with Gasteiger partial charge in [0, 0.05) is 17.8 Å². The molecular weight excluding hydrogens is 264 g/mol. The van der Waals surface area contributed by atoms with Crippen LogP contribution < -0.4 is 15.2 Å². The largest absolute Gasteiger partial charge is 0.550 e. The first-order chi connectivity index (χ1) is 9.24. The second-order valence-corrected chi connectivity index (χ2v) is 4.64. The van der Waals surface area contributed by atoms with Crippen LogP contribution in [-0.4, -0.2) is 24.1 Å². The van der Waals surface area contributed by atoms with Crippen molar-refractivity contribution in [3.05, 3.63) is 41.4 Å². The zero-order chi connectivity index (χ0) is 13.5. The molecule has 0 aliphatic carbocycles. The Morgan fingerprint density at radius 2 is 2.16 bits per heavy atom. The summed E-state index contributed by atoms with van der Waals surface area (Å²) in [6.45, 7) is 1.12. The van der Waals surface area contributed by atoms with Gasteiger partial charge in [-0.1, -0.05) is 18.2 Å². The maximum absolute atomic E-state index is 10.4. The quantitative estimate of drug-likeness (QED) is 0.762. The van der Waals surface area contributed by atoms with E-state index in [4.69, 9.17) is 4.74 Å². The zero-order valence-electron chi connectivity index (χ0n) is 10.2. The molecule has 0 saturated heterocycles. The Kier molecular flexibility index (Phi) is 4.74. The van der Waals surface area contributed by atoms with Crippen molar-refractivity contribution in [2.45, 2.75) is 6.42 Å². The number of nitrogens with one attached hydrogen (secondary N) is 1. The van der Waals surface area contributed by atoms with Crippen molar-refractivity contribution >= 4 is 22.4 Å². The number of rotatable bonds is 7. The van der Waals surface area contributed by atoms with Crippen molar-refractivity contribution < 1.29 is 14.6 Å². The molecule has 0 aliphatic rings. The van der Waals surface area contributed by atoms with Gasteiger partial charge in [0.05, 0.1) is 12.2 Å². The van der Waals surface area contributed by atoms with Crippen LogP contribution in [0.1, 0.15) is 5.69 Å². The average molecular weight is 277 g/mol. The lowest BCUT2D eigenvalue weighted by Crippen LogP contribution is -2.24. The second kappa shape index (κ2) is 6.75. The predicted octanol–water partition coefficient (Wildman–Crippen LogP) is 0.926. The number of nitrogens with zero attached hydrogens (tertiary/aromatic N) is 1. The Balaban J connectivity index is 1.71. The molecule has 0 fully saturated rings. The molecule has 0 radical (unpaired) electrons. The Hall–Kier alpha value is -2.08. The molecule has 1 aromatic heterocycles. The third kappa shape index (κ3) is 4.59. The van der Waals surface area contributed by atoms with Crippen LogP contribution in [0.5, 0.6) is 5.75 Å². The van der Waals surface area contributed by atoms with E-state index in [1.165, 1.54) is 11.3 Å². The zero-order valence-corrected chi connectivity index (χ0v) is 11.0. The molecule has 100 valence electrons. The lowest BCUT2D eigenvalue weighted by atomic mass is 10.3. The topological polar surface area (TPSA) is 74.3 Å². The minimum Gasteiger partial charge on any atom is -0.550 e. The van der Waals surface area contributed by atoms with E-state index < -0.39 is 5.97 Å². The molecule has 1 heterocycles. The van der Waals surface area contributed by atoms with Gasteiger partial charge in [0.1, 0.15) is 12.4 Å². The molecule has 0 aliphatic heterocycles. The molecule has 0 amide bonds. The Morgan fingerprint density at radius 1 is 1.37 bits per heavy atom. The molecule has 1 aromatic carbocycles. The van der Waals surface area contributed by atoms with E-state index in [1.807, 2.05) is 30.3 Å². The van der Waals surface area contributed by atoms with Crippen LogP contribution in [0.2, 0.25) is 0 Å². The molecule has 2 rings (SSSR count). The number of thiazole rings is 1. The fraction of sp³-hybridized carbons (Fsp3) is 0.231.